The molecular formula is C24H34NO2+. The summed E-state index contributed by atoms with van der Waals surface area (Å²) in [5, 5.41) is 10.6. The molecule has 27 heavy (non-hydrogen) atoms. The number of hydrogen-bond donors (Lipinski definition) is 1. The molecule has 1 N–H and O–H groups in total. The topological polar surface area (TPSA) is 29.5 Å². The van der Waals surface area contributed by atoms with Crippen molar-refractivity contribution in [3.8, 4) is 16.9 Å². The lowest BCUT2D eigenvalue weighted by molar-refractivity contribution is -0.940. The molecule has 0 amide bonds. The van der Waals surface area contributed by atoms with Crippen LogP contribution in [0.15, 0.2) is 54.6 Å². The molecule has 1 saturated heterocycles. The molecule has 0 bridgehead atoms. The highest BCUT2D eigenvalue weighted by Crippen LogP contribution is 2.28. The first-order valence-corrected chi connectivity index (χ1v) is 10.3. The van der Waals surface area contributed by atoms with E-state index in [1.54, 1.807) is 0 Å². The maximum atomic E-state index is 10.6. The van der Waals surface area contributed by atoms with E-state index in [2.05, 4.69) is 45.0 Å². The van der Waals surface area contributed by atoms with E-state index in [-0.39, 0.29) is 0 Å². The standard InChI is InChI=1S/C24H34NO2/c1-4-25(15-19(2)14-20(3)16-25)17-23(26)18-27-24-12-10-22(11-13-24)21-8-6-5-7-9-21/h5-13,19-20,23,26H,4,14-18H2,1-3H3/q+1/t19-,20+,23-,25?/m1/s1. The van der Waals surface area contributed by atoms with Crippen LogP contribution < -0.4 is 4.74 Å². The summed E-state index contributed by atoms with van der Waals surface area (Å²) in [6.07, 6.45) is 0.872. The third-order valence-corrected chi connectivity index (χ3v) is 5.88. The Kier molecular flexibility index (Phi) is 6.56. The van der Waals surface area contributed by atoms with Gasteiger partial charge in [-0.1, -0.05) is 56.3 Å². The fraction of sp³-hybridized carbons (Fsp3) is 0.500. The largest absolute Gasteiger partial charge is 0.491 e. The van der Waals surface area contributed by atoms with Crippen molar-refractivity contribution < 1.29 is 14.3 Å². The van der Waals surface area contributed by atoms with Crippen molar-refractivity contribution in [3.63, 3.8) is 0 Å². The molecule has 146 valence electrons. The molecule has 1 aliphatic rings. The average molecular weight is 369 g/mol. The molecule has 2 aromatic rings. The Labute approximate surface area is 164 Å². The summed E-state index contributed by atoms with van der Waals surface area (Å²) in [5.74, 6) is 2.27. The molecule has 2 aromatic carbocycles. The van der Waals surface area contributed by atoms with E-state index >= 15 is 0 Å². The van der Waals surface area contributed by atoms with Crippen LogP contribution >= 0.6 is 0 Å². The van der Waals surface area contributed by atoms with Crippen molar-refractivity contribution in [3.05, 3.63) is 54.6 Å². The first-order chi connectivity index (χ1) is 13.0. The molecule has 3 nitrogen and oxygen atoms in total. The summed E-state index contributed by atoms with van der Waals surface area (Å²) in [5.41, 5.74) is 2.38. The Hall–Kier alpha value is -1.84. The molecule has 0 aliphatic carbocycles. The Morgan fingerprint density at radius 1 is 0.963 bits per heavy atom. The smallest absolute Gasteiger partial charge is 0.137 e. The van der Waals surface area contributed by atoms with Crippen molar-refractivity contribution in [2.45, 2.75) is 33.3 Å². The van der Waals surface area contributed by atoms with Gasteiger partial charge in [0.25, 0.3) is 0 Å². The second kappa shape index (κ2) is 8.90. The van der Waals surface area contributed by atoms with Crippen LogP contribution in [0.1, 0.15) is 27.2 Å². The van der Waals surface area contributed by atoms with E-state index in [1.807, 2.05) is 30.3 Å². The van der Waals surface area contributed by atoms with Crippen LogP contribution in [0.2, 0.25) is 0 Å². The predicted molar refractivity (Wildman–Crippen MR) is 112 cm³/mol. The maximum Gasteiger partial charge on any atom is 0.137 e. The zero-order valence-electron chi connectivity index (χ0n) is 17.0. The van der Waals surface area contributed by atoms with Gasteiger partial charge in [-0.15, -0.1) is 0 Å². The third-order valence-electron chi connectivity index (χ3n) is 5.88. The number of aliphatic hydroxyl groups is 1. The van der Waals surface area contributed by atoms with E-state index in [0.29, 0.717) is 6.61 Å². The van der Waals surface area contributed by atoms with Gasteiger partial charge in [-0.05, 0) is 36.6 Å². The van der Waals surface area contributed by atoms with Crippen molar-refractivity contribution in [1.82, 2.24) is 0 Å². The number of aliphatic hydroxyl groups excluding tert-OH is 1. The lowest BCUT2D eigenvalue weighted by atomic mass is 9.89. The molecule has 0 radical (unpaired) electrons. The number of piperidine rings is 1. The van der Waals surface area contributed by atoms with Crippen LogP contribution in [0.3, 0.4) is 0 Å². The predicted octanol–water partition coefficient (Wildman–Crippen LogP) is 4.61. The minimum atomic E-state index is -0.434. The van der Waals surface area contributed by atoms with Crippen LogP contribution in [0.4, 0.5) is 0 Å². The lowest BCUT2D eigenvalue weighted by Crippen LogP contribution is -2.59. The fourth-order valence-electron chi connectivity index (χ4n) is 4.84. The molecule has 1 aliphatic heterocycles. The summed E-state index contributed by atoms with van der Waals surface area (Å²) >= 11 is 0. The summed E-state index contributed by atoms with van der Waals surface area (Å²) in [6, 6.07) is 18.5. The first kappa shape index (κ1) is 19.9. The van der Waals surface area contributed by atoms with Gasteiger partial charge in [-0.2, -0.15) is 0 Å². The number of likely N-dealkylation sites (tertiary alicyclic amines) is 1. The highest BCUT2D eigenvalue weighted by atomic mass is 16.5. The molecule has 1 unspecified atom stereocenters. The van der Waals surface area contributed by atoms with Gasteiger partial charge in [0.15, 0.2) is 0 Å². The normalized spacial score (nSPS) is 26.5. The van der Waals surface area contributed by atoms with Crippen molar-refractivity contribution >= 4 is 0 Å². The Morgan fingerprint density at radius 2 is 1.56 bits per heavy atom. The number of quaternary nitrogens is 1. The maximum absolute atomic E-state index is 10.6. The van der Waals surface area contributed by atoms with Gasteiger partial charge in [-0.3, -0.25) is 0 Å². The van der Waals surface area contributed by atoms with E-state index < -0.39 is 6.10 Å². The van der Waals surface area contributed by atoms with E-state index in [4.69, 9.17) is 4.74 Å². The molecule has 0 spiro atoms. The first-order valence-electron chi connectivity index (χ1n) is 10.3. The zero-order valence-corrected chi connectivity index (χ0v) is 17.0. The average Bonchev–Trinajstić information content (AvgIpc) is 2.66. The Morgan fingerprint density at radius 3 is 2.15 bits per heavy atom. The van der Waals surface area contributed by atoms with Gasteiger partial charge >= 0.3 is 0 Å². The van der Waals surface area contributed by atoms with Gasteiger partial charge in [0, 0.05) is 11.8 Å². The van der Waals surface area contributed by atoms with Crippen LogP contribution in [-0.4, -0.2) is 48.5 Å². The summed E-state index contributed by atoms with van der Waals surface area (Å²) < 4.78 is 6.90. The van der Waals surface area contributed by atoms with Gasteiger partial charge in [0.2, 0.25) is 0 Å². The third kappa shape index (κ3) is 5.33. The minimum absolute atomic E-state index is 0.355. The molecule has 0 aromatic heterocycles. The Balaban J connectivity index is 1.55. The number of hydrogen-bond acceptors (Lipinski definition) is 2. The van der Waals surface area contributed by atoms with E-state index in [9.17, 15) is 5.11 Å². The van der Waals surface area contributed by atoms with Gasteiger partial charge in [0.1, 0.15) is 25.0 Å². The van der Waals surface area contributed by atoms with Gasteiger partial charge < -0.3 is 14.3 Å². The molecule has 4 atom stereocenters. The molecule has 3 rings (SSSR count). The highest BCUT2D eigenvalue weighted by molar-refractivity contribution is 5.63. The summed E-state index contributed by atoms with van der Waals surface area (Å²) in [7, 11) is 0. The zero-order chi connectivity index (χ0) is 19.3. The van der Waals surface area contributed by atoms with Gasteiger partial charge in [-0.25, -0.2) is 0 Å². The second-order valence-corrected chi connectivity index (χ2v) is 8.51. The Bertz CT molecular complexity index is 688. The molecule has 0 saturated carbocycles. The molecular weight excluding hydrogens is 334 g/mol. The fourth-order valence-corrected chi connectivity index (χ4v) is 4.84. The van der Waals surface area contributed by atoms with Crippen LogP contribution in [0.5, 0.6) is 5.75 Å². The monoisotopic (exact) mass is 368 g/mol. The van der Waals surface area contributed by atoms with E-state index in [0.717, 1.165) is 35.2 Å². The number of rotatable bonds is 7. The quantitative estimate of drug-likeness (QED) is 0.724. The van der Waals surface area contributed by atoms with E-state index in [1.165, 1.54) is 30.6 Å². The molecule has 1 heterocycles. The molecule has 3 heteroatoms. The number of benzene rings is 2. The van der Waals surface area contributed by atoms with Gasteiger partial charge in [0.05, 0.1) is 19.6 Å². The lowest BCUT2D eigenvalue weighted by Gasteiger charge is -2.46. The van der Waals surface area contributed by atoms with Crippen molar-refractivity contribution in [2.24, 2.45) is 11.8 Å². The van der Waals surface area contributed by atoms with Crippen LogP contribution in [0, 0.1) is 11.8 Å². The van der Waals surface area contributed by atoms with Crippen molar-refractivity contribution in [1.29, 1.82) is 0 Å². The van der Waals surface area contributed by atoms with Crippen molar-refractivity contribution in [2.75, 3.05) is 32.8 Å². The SMILES string of the molecule is CC[N+]1(C[C@@H](O)COc2ccc(-c3ccccc3)cc2)C[C@H](C)C[C@H](C)C1. The number of ether oxygens (including phenoxy) is 1. The highest BCUT2D eigenvalue weighted by Gasteiger charge is 2.37. The summed E-state index contributed by atoms with van der Waals surface area (Å²) in [4.78, 5) is 0. The number of nitrogens with zero attached hydrogens (tertiary/aromatic N) is 1. The summed E-state index contributed by atoms with van der Waals surface area (Å²) in [6.45, 7) is 11.5. The molecule has 1 fully saturated rings. The van der Waals surface area contributed by atoms with Crippen LogP contribution in [-0.2, 0) is 0 Å². The van der Waals surface area contributed by atoms with Crippen LogP contribution in [0.25, 0.3) is 11.1 Å². The second-order valence-electron chi connectivity index (χ2n) is 8.51. The number of likely N-dealkylation sites (N-methyl/N-ethyl adjacent to an activating group) is 1. The minimum Gasteiger partial charge on any atom is -0.491 e.